The van der Waals surface area contributed by atoms with Gasteiger partial charge in [-0.05, 0) is 37.6 Å². The third-order valence-corrected chi connectivity index (χ3v) is 2.66. The molecule has 0 aliphatic heterocycles. The molecule has 1 unspecified atom stereocenters. The molecular formula is C11H15Cl2NO. The number of nitrogens with two attached hydrogens (primary N) is 1. The van der Waals surface area contributed by atoms with Gasteiger partial charge in [0.05, 0.1) is 11.1 Å². The van der Waals surface area contributed by atoms with Crippen LogP contribution >= 0.6 is 23.2 Å². The fourth-order valence-corrected chi connectivity index (χ4v) is 1.74. The van der Waals surface area contributed by atoms with Crippen molar-refractivity contribution in [3.05, 3.63) is 28.2 Å². The molecule has 0 aliphatic rings. The van der Waals surface area contributed by atoms with Gasteiger partial charge in [-0.15, -0.1) is 0 Å². The Bertz CT molecular complexity index is 317. The average molecular weight is 248 g/mol. The summed E-state index contributed by atoms with van der Waals surface area (Å²) in [5.41, 5.74) is 5.49. The summed E-state index contributed by atoms with van der Waals surface area (Å²) in [6.45, 7) is 2.67. The van der Waals surface area contributed by atoms with Crippen LogP contribution < -0.4 is 10.5 Å². The smallest absolute Gasteiger partial charge is 0.138 e. The van der Waals surface area contributed by atoms with Crippen molar-refractivity contribution in [2.75, 3.05) is 6.54 Å². The molecule has 1 aromatic rings. The lowest BCUT2D eigenvalue weighted by molar-refractivity contribution is 0.189. The zero-order valence-electron chi connectivity index (χ0n) is 8.67. The minimum atomic E-state index is 0.119. The predicted octanol–water partition coefficient (Wildman–Crippen LogP) is 3.50. The first-order valence-corrected chi connectivity index (χ1v) is 5.74. The van der Waals surface area contributed by atoms with Crippen molar-refractivity contribution >= 4 is 23.2 Å². The Morgan fingerprint density at radius 2 is 2.13 bits per heavy atom. The molecule has 84 valence electrons. The van der Waals surface area contributed by atoms with Gasteiger partial charge in [0, 0.05) is 5.02 Å². The number of hydrogen-bond acceptors (Lipinski definition) is 2. The van der Waals surface area contributed by atoms with E-state index < -0.39 is 0 Å². The summed E-state index contributed by atoms with van der Waals surface area (Å²) in [6, 6.07) is 5.22. The van der Waals surface area contributed by atoms with Gasteiger partial charge >= 0.3 is 0 Å². The molecule has 0 saturated carbocycles. The zero-order valence-corrected chi connectivity index (χ0v) is 10.2. The summed E-state index contributed by atoms with van der Waals surface area (Å²) in [4.78, 5) is 0. The van der Waals surface area contributed by atoms with E-state index in [-0.39, 0.29) is 6.10 Å². The molecule has 0 aliphatic carbocycles. The third kappa shape index (κ3) is 3.90. The van der Waals surface area contributed by atoms with Gasteiger partial charge in [-0.1, -0.05) is 30.1 Å². The molecule has 15 heavy (non-hydrogen) atoms. The van der Waals surface area contributed by atoms with E-state index in [1.54, 1.807) is 18.2 Å². The summed E-state index contributed by atoms with van der Waals surface area (Å²) in [5, 5.41) is 1.15. The van der Waals surface area contributed by atoms with Crippen molar-refractivity contribution in [2.24, 2.45) is 5.73 Å². The monoisotopic (exact) mass is 247 g/mol. The maximum absolute atomic E-state index is 5.99. The van der Waals surface area contributed by atoms with Crippen LogP contribution in [0.1, 0.15) is 19.8 Å². The van der Waals surface area contributed by atoms with Crippen molar-refractivity contribution in [2.45, 2.75) is 25.9 Å². The first-order chi connectivity index (χ1) is 7.17. The van der Waals surface area contributed by atoms with Gasteiger partial charge in [0.2, 0.25) is 0 Å². The van der Waals surface area contributed by atoms with Crippen LogP contribution in [0.3, 0.4) is 0 Å². The highest BCUT2D eigenvalue weighted by Gasteiger charge is 2.09. The van der Waals surface area contributed by atoms with Crippen LogP contribution in [0.2, 0.25) is 10.0 Å². The van der Waals surface area contributed by atoms with E-state index in [4.69, 9.17) is 33.7 Å². The fourth-order valence-electron chi connectivity index (χ4n) is 1.28. The molecule has 0 radical (unpaired) electrons. The molecule has 0 amide bonds. The number of hydrogen-bond donors (Lipinski definition) is 1. The van der Waals surface area contributed by atoms with Crippen LogP contribution in [-0.4, -0.2) is 12.6 Å². The second-order valence-electron chi connectivity index (χ2n) is 3.30. The normalized spacial score (nSPS) is 12.5. The fraction of sp³-hybridized carbons (Fsp3) is 0.455. The number of ether oxygens (including phenoxy) is 1. The molecule has 1 atom stereocenters. The SMILES string of the molecule is CCC(CCN)Oc1ccc(Cl)cc1Cl. The van der Waals surface area contributed by atoms with Crippen LogP contribution in [0.15, 0.2) is 18.2 Å². The highest BCUT2D eigenvalue weighted by molar-refractivity contribution is 6.35. The maximum atomic E-state index is 5.99. The van der Waals surface area contributed by atoms with Gasteiger partial charge in [-0.2, -0.15) is 0 Å². The van der Waals surface area contributed by atoms with E-state index in [0.717, 1.165) is 12.8 Å². The highest BCUT2D eigenvalue weighted by atomic mass is 35.5. The van der Waals surface area contributed by atoms with Gasteiger partial charge < -0.3 is 10.5 Å². The van der Waals surface area contributed by atoms with Crippen LogP contribution in [0, 0.1) is 0 Å². The molecule has 1 aromatic carbocycles. The van der Waals surface area contributed by atoms with E-state index in [1.165, 1.54) is 0 Å². The Balaban J connectivity index is 2.70. The molecule has 0 fully saturated rings. The maximum Gasteiger partial charge on any atom is 0.138 e. The molecule has 1 rings (SSSR count). The third-order valence-electron chi connectivity index (χ3n) is 2.13. The molecule has 0 saturated heterocycles. The Kier molecular flexibility index (Phi) is 5.23. The van der Waals surface area contributed by atoms with Gasteiger partial charge in [-0.3, -0.25) is 0 Å². The van der Waals surface area contributed by atoms with Crippen molar-refractivity contribution in [1.82, 2.24) is 0 Å². The summed E-state index contributed by atoms with van der Waals surface area (Å²) >= 11 is 11.8. The molecule has 2 N–H and O–H groups in total. The van der Waals surface area contributed by atoms with Gasteiger partial charge in [-0.25, -0.2) is 0 Å². The molecular weight excluding hydrogens is 233 g/mol. The summed E-state index contributed by atoms with van der Waals surface area (Å²) < 4.78 is 5.72. The average Bonchev–Trinajstić information content (AvgIpc) is 2.21. The highest BCUT2D eigenvalue weighted by Crippen LogP contribution is 2.28. The topological polar surface area (TPSA) is 35.2 Å². The van der Waals surface area contributed by atoms with Crippen LogP contribution in [0.4, 0.5) is 0 Å². The summed E-state index contributed by atoms with van der Waals surface area (Å²) in [7, 11) is 0. The summed E-state index contributed by atoms with van der Waals surface area (Å²) in [5.74, 6) is 0.668. The van der Waals surface area contributed by atoms with Crippen LogP contribution in [-0.2, 0) is 0 Å². The molecule has 0 bridgehead atoms. The van der Waals surface area contributed by atoms with Gasteiger partial charge in [0.1, 0.15) is 5.75 Å². The standard InChI is InChI=1S/C11H15Cl2NO/c1-2-9(5-6-14)15-11-4-3-8(12)7-10(11)13/h3-4,7,9H,2,5-6,14H2,1H3. The number of halogens is 2. The van der Waals surface area contributed by atoms with Crippen molar-refractivity contribution in [1.29, 1.82) is 0 Å². The Hall–Kier alpha value is -0.440. The van der Waals surface area contributed by atoms with E-state index in [1.807, 2.05) is 0 Å². The molecule has 4 heteroatoms. The Morgan fingerprint density at radius 3 is 2.67 bits per heavy atom. The first kappa shape index (κ1) is 12.6. The quantitative estimate of drug-likeness (QED) is 0.865. The lowest BCUT2D eigenvalue weighted by Crippen LogP contribution is -2.19. The van der Waals surface area contributed by atoms with E-state index in [2.05, 4.69) is 6.92 Å². The molecule has 0 aromatic heterocycles. The largest absolute Gasteiger partial charge is 0.489 e. The minimum absolute atomic E-state index is 0.119. The van der Waals surface area contributed by atoms with Gasteiger partial charge in [0.15, 0.2) is 0 Å². The Labute approximate surface area is 100 Å². The predicted molar refractivity (Wildman–Crippen MR) is 64.8 cm³/mol. The van der Waals surface area contributed by atoms with Gasteiger partial charge in [0.25, 0.3) is 0 Å². The number of benzene rings is 1. The zero-order chi connectivity index (χ0) is 11.3. The minimum Gasteiger partial charge on any atom is -0.489 e. The number of rotatable bonds is 5. The van der Waals surface area contributed by atoms with E-state index >= 15 is 0 Å². The van der Waals surface area contributed by atoms with Crippen molar-refractivity contribution in [3.63, 3.8) is 0 Å². The molecule has 0 heterocycles. The first-order valence-electron chi connectivity index (χ1n) is 4.99. The lowest BCUT2D eigenvalue weighted by atomic mass is 10.2. The lowest BCUT2D eigenvalue weighted by Gasteiger charge is -2.17. The molecule has 0 spiro atoms. The van der Waals surface area contributed by atoms with Crippen molar-refractivity contribution in [3.8, 4) is 5.75 Å². The van der Waals surface area contributed by atoms with Crippen LogP contribution in [0.5, 0.6) is 5.75 Å². The van der Waals surface area contributed by atoms with E-state index in [0.29, 0.717) is 22.3 Å². The van der Waals surface area contributed by atoms with Crippen LogP contribution in [0.25, 0.3) is 0 Å². The van der Waals surface area contributed by atoms with Crippen molar-refractivity contribution < 1.29 is 4.74 Å². The Morgan fingerprint density at radius 1 is 1.40 bits per heavy atom. The molecule has 2 nitrogen and oxygen atoms in total. The van der Waals surface area contributed by atoms with E-state index in [9.17, 15) is 0 Å². The second kappa shape index (κ2) is 6.21. The second-order valence-corrected chi connectivity index (χ2v) is 4.14. The summed E-state index contributed by atoms with van der Waals surface area (Å²) in [6.07, 6.45) is 1.86.